The van der Waals surface area contributed by atoms with Crippen LogP contribution in [0.2, 0.25) is 0 Å². The van der Waals surface area contributed by atoms with Gasteiger partial charge in [-0.05, 0) is 12.8 Å². The van der Waals surface area contributed by atoms with Crippen molar-refractivity contribution < 1.29 is 0 Å². The molecule has 1 radical (unpaired) electrons. The van der Waals surface area contributed by atoms with Gasteiger partial charge in [0.15, 0.2) is 6.34 Å². The highest BCUT2D eigenvalue weighted by molar-refractivity contribution is 5.50. The van der Waals surface area contributed by atoms with Crippen molar-refractivity contribution >= 4 is 6.34 Å². The van der Waals surface area contributed by atoms with E-state index in [-0.39, 0.29) is 0 Å². The predicted octanol–water partition coefficient (Wildman–Crippen LogP) is 3.93. The maximum Gasteiger partial charge on any atom is 0.163 e. The van der Waals surface area contributed by atoms with Crippen molar-refractivity contribution in [2.45, 2.75) is 65.2 Å². The van der Waals surface area contributed by atoms with Crippen molar-refractivity contribution in [3.8, 4) is 0 Å². The first-order chi connectivity index (χ1) is 7.35. The van der Waals surface area contributed by atoms with Gasteiger partial charge in [0.25, 0.3) is 0 Å². The van der Waals surface area contributed by atoms with E-state index in [4.69, 9.17) is 5.41 Å². The quantitative estimate of drug-likeness (QED) is 0.238. The van der Waals surface area contributed by atoms with Gasteiger partial charge in [0, 0.05) is 13.1 Å². The van der Waals surface area contributed by atoms with Crippen LogP contribution >= 0.6 is 0 Å². The Bertz CT molecular complexity index is 122. The van der Waals surface area contributed by atoms with E-state index in [9.17, 15) is 0 Å². The molecule has 0 aliphatic carbocycles. The first-order valence-corrected chi connectivity index (χ1v) is 6.52. The summed E-state index contributed by atoms with van der Waals surface area (Å²) < 4.78 is 0. The second kappa shape index (κ2) is 11.5. The Balaban J connectivity index is 3.34. The van der Waals surface area contributed by atoms with Crippen LogP contribution in [0.1, 0.15) is 65.2 Å². The lowest BCUT2D eigenvalue weighted by Crippen LogP contribution is -2.24. The van der Waals surface area contributed by atoms with Gasteiger partial charge in [-0.25, -0.2) is 0 Å². The Labute approximate surface area is 95.6 Å². The molecule has 0 spiro atoms. The Morgan fingerprint density at radius 1 is 0.800 bits per heavy atom. The molecule has 2 heteroatoms. The normalized spacial score (nSPS) is 10.3. The number of hydrogen-bond donors (Lipinski definition) is 1. The summed E-state index contributed by atoms with van der Waals surface area (Å²) in [5, 5.41) is 7.20. The number of nitrogens with one attached hydrogen (secondary N) is 1. The summed E-state index contributed by atoms with van der Waals surface area (Å²) in [4.78, 5) is 2.03. The molecule has 0 bridgehead atoms. The lowest BCUT2D eigenvalue weighted by molar-refractivity contribution is 0.395. The molecule has 0 aliphatic heterocycles. The van der Waals surface area contributed by atoms with Crippen LogP contribution < -0.4 is 0 Å². The summed E-state index contributed by atoms with van der Waals surface area (Å²) in [6, 6.07) is 0. The van der Waals surface area contributed by atoms with Gasteiger partial charge >= 0.3 is 0 Å². The van der Waals surface area contributed by atoms with E-state index in [1.54, 1.807) is 0 Å². The molecule has 2 nitrogen and oxygen atoms in total. The molecule has 0 aromatic carbocycles. The number of unbranched alkanes of at least 4 members (excludes halogenated alkanes) is 6. The Morgan fingerprint density at radius 2 is 1.27 bits per heavy atom. The smallest absolute Gasteiger partial charge is 0.163 e. The first-order valence-electron chi connectivity index (χ1n) is 6.52. The van der Waals surface area contributed by atoms with Crippen LogP contribution in [0.5, 0.6) is 0 Å². The third-order valence-corrected chi connectivity index (χ3v) is 2.72. The third-order valence-electron chi connectivity index (χ3n) is 2.72. The Hall–Kier alpha value is -0.530. The van der Waals surface area contributed by atoms with Gasteiger partial charge in [-0.1, -0.05) is 52.4 Å². The summed E-state index contributed by atoms with van der Waals surface area (Å²) >= 11 is 0. The maximum atomic E-state index is 7.20. The van der Waals surface area contributed by atoms with Crippen LogP contribution in [0.4, 0.5) is 0 Å². The molecule has 1 N–H and O–H groups in total. The van der Waals surface area contributed by atoms with Crippen molar-refractivity contribution in [1.82, 2.24) is 4.90 Å². The molecule has 89 valence electrons. The average molecular weight is 211 g/mol. The standard InChI is InChI=1S/C13H27N2/c1-3-5-7-9-11-15(13-14)12-10-8-6-4-2/h14H,3-12H2,1-2H3. The molecular weight excluding hydrogens is 184 g/mol. The van der Waals surface area contributed by atoms with Crippen LogP contribution in [-0.4, -0.2) is 24.3 Å². The molecule has 0 saturated heterocycles. The highest BCUT2D eigenvalue weighted by Gasteiger charge is 1.99. The van der Waals surface area contributed by atoms with Crippen LogP contribution in [-0.2, 0) is 0 Å². The molecule has 0 unspecified atom stereocenters. The fourth-order valence-corrected chi connectivity index (χ4v) is 1.68. The van der Waals surface area contributed by atoms with Gasteiger partial charge in [-0.3, -0.25) is 5.41 Å². The summed E-state index contributed by atoms with van der Waals surface area (Å²) in [6.07, 6.45) is 12.8. The lowest BCUT2D eigenvalue weighted by Gasteiger charge is -2.17. The zero-order chi connectivity index (χ0) is 11.4. The average Bonchev–Trinajstić information content (AvgIpc) is 2.27. The van der Waals surface area contributed by atoms with Gasteiger partial charge in [0.2, 0.25) is 0 Å². The molecule has 15 heavy (non-hydrogen) atoms. The van der Waals surface area contributed by atoms with E-state index in [2.05, 4.69) is 20.2 Å². The van der Waals surface area contributed by atoms with Gasteiger partial charge in [0.1, 0.15) is 0 Å². The van der Waals surface area contributed by atoms with E-state index < -0.39 is 0 Å². The monoisotopic (exact) mass is 211 g/mol. The van der Waals surface area contributed by atoms with Gasteiger partial charge < -0.3 is 4.90 Å². The molecule has 0 aromatic rings. The summed E-state index contributed by atoms with van der Waals surface area (Å²) in [6.45, 7) is 6.50. The van der Waals surface area contributed by atoms with Crippen LogP contribution in [0.3, 0.4) is 0 Å². The first kappa shape index (κ1) is 14.5. The molecule has 0 aromatic heterocycles. The van der Waals surface area contributed by atoms with Gasteiger partial charge in [-0.2, -0.15) is 0 Å². The van der Waals surface area contributed by atoms with Crippen LogP contribution in [0, 0.1) is 5.41 Å². The van der Waals surface area contributed by atoms with E-state index in [0.717, 1.165) is 13.1 Å². The SMILES string of the molecule is CCCCCCN([C]=N)CCCCCC. The molecule has 0 atom stereocenters. The minimum absolute atomic E-state index is 1.02. The highest BCUT2D eigenvalue weighted by atomic mass is 15.1. The van der Waals surface area contributed by atoms with Crippen molar-refractivity contribution in [3.05, 3.63) is 0 Å². The molecule has 0 amide bonds. The number of rotatable bonds is 11. The largest absolute Gasteiger partial charge is 0.354 e. The van der Waals surface area contributed by atoms with E-state index >= 15 is 0 Å². The minimum atomic E-state index is 1.02. The third kappa shape index (κ3) is 9.77. The fraction of sp³-hybridized carbons (Fsp3) is 0.923. The zero-order valence-corrected chi connectivity index (χ0v) is 10.5. The van der Waals surface area contributed by atoms with E-state index in [0.29, 0.717) is 0 Å². The summed E-state index contributed by atoms with van der Waals surface area (Å²) in [5.41, 5.74) is 0. The zero-order valence-electron chi connectivity index (χ0n) is 10.5. The van der Waals surface area contributed by atoms with Gasteiger partial charge in [-0.15, -0.1) is 0 Å². The predicted molar refractivity (Wildman–Crippen MR) is 67.6 cm³/mol. The Kier molecular flexibility index (Phi) is 11.1. The van der Waals surface area contributed by atoms with Crippen molar-refractivity contribution in [2.24, 2.45) is 0 Å². The van der Waals surface area contributed by atoms with Crippen molar-refractivity contribution in [1.29, 1.82) is 5.41 Å². The lowest BCUT2D eigenvalue weighted by atomic mass is 10.2. The number of nitrogens with zero attached hydrogens (tertiary/aromatic N) is 1. The maximum absolute atomic E-state index is 7.20. The Morgan fingerprint density at radius 3 is 1.60 bits per heavy atom. The van der Waals surface area contributed by atoms with E-state index in [1.807, 2.05) is 4.90 Å². The van der Waals surface area contributed by atoms with Gasteiger partial charge in [0.05, 0.1) is 0 Å². The minimum Gasteiger partial charge on any atom is -0.354 e. The van der Waals surface area contributed by atoms with E-state index in [1.165, 1.54) is 51.4 Å². The number of hydrogen-bond acceptors (Lipinski definition) is 1. The second-order valence-corrected chi connectivity index (χ2v) is 4.22. The molecule has 0 saturated carbocycles. The molecule has 0 aliphatic rings. The topological polar surface area (TPSA) is 27.1 Å². The molecule has 0 rings (SSSR count). The van der Waals surface area contributed by atoms with Crippen LogP contribution in [0.15, 0.2) is 0 Å². The molecule has 0 fully saturated rings. The highest BCUT2D eigenvalue weighted by Crippen LogP contribution is 2.03. The summed E-state index contributed by atoms with van der Waals surface area (Å²) in [5.74, 6) is 0. The fourth-order valence-electron chi connectivity index (χ4n) is 1.68. The van der Waals surface area contributed by atoms with Crippen molar-refractivity contribution in [3.63, 3.8) is 0 Å². The second-order valence-electron chi connectivity index (χ2n) is 4.22. The molecular formula is C13H27N2. The molecule has 0 heterocycles. The van der Waals surface area contributed by atoms with Crippen LogP contribution in [0.25, 0.3) is 0 Å². The van der Waals surface area contributed by atoms with Crippen molar-refractivity contribution in [2.75, 3.05) is 13.1 Å². The summed E-state index contributed by atoms with van der Waals surface area (Å²) in [7, 11) is 0.